The van der Waals surface area contributed by atoms with E-state index in [0.717, 1.165) is 16.8 Å². The van der Waals surface area contributed by atoms with Crippen molar-refractivity contribution < 1.29 is 24.2 Å². The number of hydrogen-bond donors (Lipinski definition) is 1. The van der Waals surface area contributed by atoms with Crippen LogP contribution in [0.2, 0.25) is 0 Å². The predicted molar refractivity (Wildman–Crippen MR) is 144 cm³/mol. The summed E-state index contributed by atoms with van der Waals surface area (Å²) in [5.74, 6) is -2.11. The second-order valence-corrected chi connectivity index (χ2v) is 13.1. The van der Waals surface area contributed by atoms with Gasteiger partial charge in [-0.1, -0.05) is 50.3 Å². The van der Waals surface area contributed by atoms with E-state index < -0.39 is 39.4 Å². The van der Waals surface area contributed by atoms with E-state index in [2.05, 4.69) is 0 Å². The van der Waals surface area contributed by atoms with Crippen molar-refractivity contribution in [1.82, 2.24) is 4.90 Å². The first-order chi connectivity index (χ1) is 17.6. The molecule has 0 radical (unpaired) electrons. The molecule has 1 aromatic rings. The van der Waals surface area contributed by atoms with E-state index in [-0.39, 0.29) is 30.9 Å². The molecule has 7 nitrogen and oxygen atoms in total. The summed E-state index contributed by atoms with van der Waals surface area (Å²) in [5.41, 5.74) is 2.81. The number of fused-ring (bicyclic) bond motifs is 2. The van der Waals surface area contributed by atoms with Crippen molar-refractivity contribution in [3.05, 3.63) is 53.6 Å². The number of aryl methyl sites for hydroxylation is 2. The first-order valence-corrected chi connectivity index (χ1v) is 13.9. The second kappa shape index (κ2) is 9.31. The standard InChI is InChI=1S/C29H36N2O5S/c1-17(2)15-20(16-32)31-24-26(34)30(23-18(3)9-6-10-19(23)4)13-7-12-29(24)21(25(31)33)22-27(35)36-14-8-11-28(22,5)37-29/h6-12,17,20-22,24,32H,13-16H2,1-5H3/t20-,21+,22+,24?,28-,29+/m1/s1. The Balaban J connectivity index is 1.70. The summed E-state index contributed by atoms with van der Waals surface area (Å²) in [4.78, 5) is 45.7. The maximum atomic E-state index is 14.7. The van der Waals surface area contributed by atoms with Gasteiger partial charge in [-0.25, -0.2) is 0 Å². The van der Waals surface area contributed by atoms with Gasteiger partial charge in [-0.2, -0.15) is 0 Å². The van der Waals surface area contributed by atoms with Crippen molar-refractivity contribution in [2.75, 3.05) is 24.7 Å². The van der Waals surface area contributed by atoms with Crippen molar-refractivity contribution in [3.8, 4) is 0 Å². The number of likely N-dealkylation sites (tertiary alicyclic amines) is 1. The molecule has 1 spiro atoms. The van der Waals surface area contributed by atoms with Gasteiger partial charge in [0.15, 0.2) is 0 Å². The number of thioether (sulfide) groups is 1. The molecule has 37 heavy (non-hydrogen) atoms. The van der Waals surface area contributed by atoms with Crippen molar-refractivity contribution in [2.24, 2.45) is 17.8 Å². The molecule has 6 atom stereocenters. The van der Waals surface area contributed by atoms with E-state index in [9.17, 15) is 19.5 Å². The molecule has 2 saturated heterocycles. The van der Waals surface area contributed by atoms with Crippen LogP contribution in [-0.4, -0.2) is 69.1 Å². The maximum Gasteiger partial charge on any atom is 0.311 e. The Kier molecular flexibility index (Phi) is 6.55. The lowest BCUT2D eigenvalue weighted by molar-refractivity contribution is -0.153. The molecule has 1 unspecified atom stereocenters. The van der Waals surface area contributed by atoms with Gasteiger partial charge < -0.3 is 19.6 Å². The van der Waals surface area contributed by atoms with Gasteiger partial charge in [0.25, 0.3) is 5.91 Å². The van der Waals surface area contributed by atoms with Gasteiger partial charge in [0.1, 0.15) is 12.6 Å². The monoisotopic (exact) mass is 524 g/mol. The number of carbonyl (C=O) groups excluding carboxylic acids is 3. The van der Waals surface area contributed by atoms with Crippen LogP contribution in [-0.2, 0) is 19.1 Å². The van der Waals surface area contributed by atoms with Gasteiger partial charge in [-0.3, -0.25) is 14.4 Å². The zero-order valence-electron chi connectivity index (χ0n) is 22.1. The molecule has 1 N–H and O–H groups in total. The minimum absolute atomic E-state index is 0.175. The lowest BCUT2D eigenvalue weighted by Gasteiger charge is -2.40. The predicted octanol–water partition coefficient (Wildman–Crippen LogP) is 3.41. The van der Waals surface area contributed by atoms with Gasteiger partial charge >= 0.3 is 5.97 Å². The van der Waals surface area contributed by atoms with Crippen LogP contribution in [0, 0.1) is 31.6 Å². The van der Waals surface area contributed by atoms with E-state index in [0.29, 0.717) is 13.0 Å². The molecule has 4 aliphatic rings. The zero-order chi connectivity index (χ0) is 26.7. The highest BCUT2D eigenvalue weighted by molar-refractivity contribution is 8.02. The van der Waals surface area contributed by atoms with Gasteiger partial charge in [-0.15, -0.1) is 11.8 Å². The van der Waals surface area contributed by atoms with Crippen molar-refractivity contribution in [3.63, 3.8) is 0 Å². The van der Waals surface area contributed by atoms with Gasteiger partial charge in [0.2, 0.25) is 5.91 Å². The van der Waals surface area contributed by atoms with Crippen LogP contribution in [0.3, 0.4) is 0 Å². The number of carbonyl (C=O) groups is 3. The Morgan fingerprint density at radius 1 is 1.08 bits per heavy atom. The molecule has 4 aliphatic heterocycles. The molecule has 0 aromatic heterocycles. The Morgan fingerprint density at radius 3 is 2.43 bits per heavy atom. The molecule has 0 aliphatic carbocycles. The first-order valence-electron chi connectivity index (χ1n) is 13.1. The van der Waals surface area contributed by atoms with E-state index in [1.165, 1.54) is 11.8 Å². The summed E-state index contributed by atoms with van der Waals surface area (Å²) in [6.45, 7) is 10.3. The molecule has 5 rings (SSSR count). The number of cyclic esters (lactones) is 1. The minimum atomic E-state index is -0.954. The molecule has 2 fully saturated rings. The van der Waals surface area contributed by atoms with E-state index in [1.54, 1.807) is 9.80 Å². The first kappa shape index (κ1) is 26.0. The van der Waals surface area contributed by atoms with Crippen molar-refractivity contribution in [1.29, 1.82) is 0 Å². The third-order valence-electron chi connectivity index (χ3n) is 8.31. The quantitative estimate of drug-likeness (QED) is 0.469. The Bertz CT molecular complexity index is 1170. The van der Waals surface area contributed by atoms with Gasteiger partial charge in [0, 0.05) is 17.0 Å². The molecule has 4 heterocycles. The highest BCUT2D eigenvalue weighted by atomic mass is 32.2. The van der Waals surface area contributed by atoms with Gasteiger partial charge in [-0.05, 0) is 50.3 Å². The molecule has 198 valence electrons. The highest BCUT2D eigenvalue weighted by Gasteiger charge is 2.74. The van der Waals surface area contributed by atoms with Crippen LogP contribution in [0.4, 0.5) is 5.69 Å². The van der Waals surface area contributed by atoms with Crippen LogP contribution in [0.5, 0.6) is 0 Å². The molecular weight excluding hydrogens is 488 g/mol. The third-order valence-corrected chi connectivity index (χ3v) is 10.1. The number of para-hydroxylation sites is 1. The lowest BCUT2D eigenvalue weighted by Crippen LogP contribution is -2.57. The fourth-order valence-electron chi connectivity index (χ4n) is 6.94. The van der Waals surface area contributed by atoms with Crippen LogP contribution in [0.1, 0.15) is 38.3 Å². The van der Waals surface area contributed by atoms with Crippen molar-refractivity contribution >= 4 is 35.2 Å². The van der Waals surface area contributed by atoms with Crippen LogP contribution in [0.15, 0.2) is 42.5 Å². The Hall–Kier alpha value is -2.58. The molecule has 0 bridgehead atoms. The Labute approximate surface area is 222 Å². The number of nitrogens with zero attached hydrogens (tertiary/aromatic N) is 2. The smallest absolute Gasteiger partial charge is 0.311 e. The number of esters is 1. The zero-order valence-corrected chi connectivity index (χ0v) is 23.0. The summed E-state index contributed by atoms with van der Waals surface area (Å²) in [7, 11) is 0. The van der Waals surface area contributed by atoms with Gasteiger partial charge in [0.05, 0.1) is 29.2 Å². The summed E-state index contributed by atoms with van der Waals surface area (Å²) < 4.78 is 3.86. The summed E-state index contributed by atoms with van der Waals surface area (Å²) >= 11 is 1.53. The highest BCUT2D eigenvalue weighted by Crippen LogP contribution is 2.65. The summed E-state index contributed by atoms with van der Waals surface area (Å²) in [6, 6.07) is 4.56. The molecule has 1 aromatic carbocycles. The molecular formula is C29H36N2O5S. The van der Waals surface area contributed by atoms with E-state index in [1.807, 2.05) is 77.1 Å². The van der Waals surface area contributed by atoms with Crippen LogP contribution >= 0.6 is 11.8 Å². The third kappa shape index (κ3) is 3.86. The molecule has 8 heteroatoms. The lowest BCUT2D eigenvalue weighted by atomic mass is 9.75. The summed E-state index contributed by atoms with van der Waals surface area (Å²) in [5, 5.41) is 10.5. The largest absolute Gasteiger partial charge is 0.461 e. The fraction of sp³-hybridized carbons (Fsp3) is 0.552. The van der Waals surface area contributed by atoms with Crippen molar-refractivity contribution in [2.45, 2.75) is 62.6 Å². The topological polar surface area (TPSA) is 87.2 Å². The normalized spacial score (nSPS) is 33.7. The average Bonchev–Trinajstić information content (AvgIpc) is 3.10. The number of hydrogen-bond acceptors (Lipinski definition) is 6. The number of aliphatic hydroxyl groups is 1. The Morgan fingerprint density at radius 2 is 1.78 bits per heavy atom. The number of anilines is 1. The van der Waals surface area contributed by atoms with E-state index >= 15 is 0 Å². The van der Waals surface area contributed by atoms with E-state index in [4.69, 9.17) is 4.74 Å². The van der Waals surface area contributed by atoms with Crippen LogP contribution in [0.25, 0.3) is 0 Å². The number of benzene rings is 1. The second-order valence-electron chi connectivity index (χ2n) is 11.3. The SMILES string of the molecule is Cc1cccc(C)c1N1CC=C[C@]23S[C@]4(C)C=CCOC(=O)[C@@H]4[C@H]2C(=O)N([C@@H](CO)CC(C)C)C3C1=O. The number of ether oxygens (including phenoxy) is 1. The minimum Gasteiger partial charge on any atom is -0.461 e. The van der Waals surface area contributed by atoms with Crippen LogP contribution < -0.4 is 4.90 Å². The number of rotatable bonds is 5. The summed E-state index contributed by atoms with van der Waals surface area (Å²) in [6.07, 6.45) is 8.33. The number of aliphatic hydroxyl groups excluding tert-OH is 1. The average molecular weight is 525 g/mol. The number of amides is 2. The fourth-order valence-corrected chi connectivity index (χ4v) is 9.08. The maximum absolute atomic E-state index is 14.7. The molecule has 0 saturated carbocycles. The molecule has 2 amide bonds.